The van der Waals surface area contributed by atoms with E-state index in [0.717, 1.165) is 22.0 Å². The van der Waals surface area contributed by atoms with Crippen LogP contribution in [0.2, 0.25) is 0 Å². The molecule has 2 heterocycles. The molecule has 0 spiro atoms. The third-order valence-electron chi connectivity index (χ3n) is 4.45. The summed E-state index contributed by atoms with van der Waals surface area (Å²) in [6.07, 6.45) is 3.45. The minimum Gasteiger partial charge on any atom is -0.370 e. The molecule has 4 rings (SSSR count). The molecule has 5 heteroatoms. The maximum absolute atomic E-state index is 12.7. The number of fused-ring (bicyclic) bond motifs is 1. The third kappa shape index (κ3) is 3.32. The highest BCUT2D eigenvalue weighted by molar-refractivity contribution is 6.01. The molecule has 1 atom stereocenters. The molecule has 0 unspecified atom stereocenters. The molecule has 0 saturated carbocycles. The monoisotopic (exact) mass is 333 g/mol. The average Bonchev–Trinajstić information content (AvgIpc) is 2.69. The van der Waals surface area contributed by atoms with E-state index in [0.29, 0.717) is 19.7 Å². The zero-order valence-corrected chi connectivity index (χ0v) is 13.8. The Balaban J connectivity index is 1.51. The first-order chi connectivity index (χ1) is 12.3. The predicted molar refractivity (Wildman–Crippen MR) is 97.5 cm³/mol. The Hall–Kier alpha value is -2.92. The number of urea groups is 1. The average molecular weight is 333 g/mol. The van der Waals surface area contributed by atoms with Crippen LogP contribution in [-0.4, -0.2) is 35.6 Å². The minimum atomic E-state index is -0.103. The molecular weight excluding hydrogens is 314 g/mol. The number of hydrogen-bond acceptors (Lipinski definition) is 3. The third-order valence-corrected chi connectivity index (χ3v) is 4.45. The van der Waals surface area contributed by atoms with Crippen molar-refractivity contribution in [3.63, 3.8) is 0 Å². The van der Waals surface area contributed by atoms with Crippen molar-refractivity contribution < 1.29 is 9.53 Å². The molecule has 2 amide bonds. The molecule has 0 radical (unpaired) electrons. The van der Waals surface area contributed by atoms with Gasteiger partial charge in [-0.3, -0.25) is 4.98 Å². The number of morpholine rings is 1. The van der Waals surface area contributed by atoms with Crippen molar-refractivity contribution in [1.82, 2.24) is 9.88 Å². The van der Waals surface area contributed by atoms with Gasteiger partial charge in [-0.15, -0.1) is 0 Å². The van der Waals surface area contributed by atoms with Crippen LogP contribution >= 0.6 is 0 Å². The van der Waals surface area contributed by atoms with Crippen molar-refractivity contribution in [2.75, 3.05) is 25.0 Å². The second-order valence-corrected chi connectivity index (χ2v) is 6.05. The lowest BCUT2D eigenvalue weighted by Crippen LogP contribution is -2.44. The van der Waals surface area contributed by atoms with E-state index < -0.39 is 0 Å². The summed E-state index contributed by atoms with van der Waals surface area (Å²) in [5, 5.41) is 5.02. The van der Waals surface area contributed by atoms with E-state index in [-0.39, 0.29) is 12.1 Å². The molecule has 3 aromatic rings. The summed E-state index contributed by atoms with van der Waals surface area (Å²) in [6, 6.07) is 17.6. The van der Waals surface area contributed by atoms with Crippen molar-refractivity contribution in [2.24, 2.45) is 0 Å². The van der Waals surface area contributed by atoms with Crippen molar-refractivity contribution >= 4 is 22.5 Å². The molecule has 1 aliphatic rings. The van der Waals surface area contributed by atoms with E-state index in [1.54, 1.807) is 17.3 Å². The Kier molecular flexibility index (Phi) is 4.31. The molecule has 1 aromatic heterocycles. The van der Waals surface area contributed by atoms with Gasteiger partial charge < -0.3 is 15.0 Å². The summed E-state index contributed by atoms with van der Waals surface area (Å²) in [6.45, 7) is 1.66. The number of nitrogens with zero attached hydrogens (tertiary/aromatic N) is 2. The minimum absolute atomic E-state index is 0.0857. The molecule has 1 fully saturated rings. The number of ether oxygens (including phenoxy) is 1. The van der Waals surface area contributed by atoms with Crippen molar-refractivity contribution in [1.29, 1.82) is 0 Å². The van der Waals surface area contributed by atoms with E-state index in [1.807, 2.05) is 54.6 Å². The quantitative estimate of drug-likeness (QED) is 0.775. The second kappa shape index (κ2) is 6.91. The number of hydrogen-bond donors (Lipinski definition) is 1. The molecule has 1 saturated heterocycles. The molecule has 5 nitrogen and oxygen atoms in total. The largest absolute Gasteiger partial charge is 0.370 e. The van der Waals surface area contributed by atoms with Gasteiger partial charge in [0.1, 0.15) is 6.10 Å². The lowest BCUT2D eigenvalue weighted by molar-refractivity contribution is -0.0135. The van der Waals surface area contributed by atoms with Crippen molar-refractivity contribution in [2.45, 2.75) is 6.10 Å². The summed E-state index contributed by atoms with van der Waals surface area (Å²) in [5.74, 6) is 0. The first-order valence-electron chi connectivity index (χ1n) is 8.36. The SMILES string of the molecule is O=C(Nc1cccc2cnccc12)N1CCO[C@H](c2ccccc2)C1. The van der Waals surface area contributed by atoms with Crippen LogP contribution in [0.3, 0.4) is 0 Å². The van der Waals surface area contributed by atoms with Crippen molar-refractivity contribution in [3.8, 4) is 0 Å². The van der Waals surface area contributed by atoms with Crippen LogP contribution in [-0.2, 0) is 4.74 Å². The fourth-order valence-corrected chi connectivity index (χ4v) is 3.13. The van der Waals surface area contributed by atoms with Crippen LogP contribution in [0.1, 0.15) is 11.7 Å². The van der Waals surface area contributed by atoms with Gasteiger partial charge in [0.05, 0.1) is 18.8 Å². The molecule has 1 aliphatic heterocycles. The maximum Gasteiger partial charge on any atom is 0.322 e. The van der Waals surface area contributed by atoms with Gasteiger partial charge in [0.2, 0.25) is 0 Å². The van der Waals surface area contributed by atoms with Gasteiger partial charge in [-0.05, 0) is 17.7 Å². The molecule has 0 bridgehead atoms. The summed E-state index contributed by atoms with van der Waals surface area (Å²) >= 11 is 0. The number of carbonyl (C=O) groups excluding carboxylic acids is 1. The van der Waals surface area contributed by atoms with Gasteiger partial charge in [-0.25, -0.2) is 4.79 Å². The number of anilines is 1. The number of nitrogens with one attached hydrogen (secondary N) is 1. The van der Waals surface area contributed by atoms with E-state index in [2.05, 4.69) is 10.3 Å². The van der Waals surface area contributed by atoms with Gasteiger partial charge >= 0.3 is 6.03 Å². The summed E-state index contributed by atoms with van der Waals surface area (Å²) in [7, 11) is 0. The Morgan fingerprint density at radius 3 is 2.88 bits per heavy atom. The standard InChI is InChI=1S/C20H19N3O2/c24-20(22-18-8-4-7-16-13-21-10-9-17(16)18)23-11-12-25-19(14-23)15-5-2-1-3-6-15/h1-10,13,19H,11-12,14H2,(H,22,24)/t19-/m0/s1. The Morgan fingerprint density at radius 2 is 2.00 bits per heavy atom. The molecule has 126 valence electrons. The zero-order chi connectivity index (χ0) is 17.1. The highest BCUT2D eigenvalue weighted by atomic mass is 16.5. The van der Waals surface area contributed by atoms with Crippen LogP contribution in [0, 0.1) is 0 Å². The van der Waals surface area contributed by atoms with Crippen molar-refractivity contribution in [3.05, 3.63) is 72.6 Å². The second-order valence-electron chi connectivity index (χ2n) is 6.05. The normalized spacial score (nSPS) is 17.4. The summed E-state index contributed by atoms with van der Waals surface area (Å²) in [5.41, 5.74) is 1.89. The van der Waals surface area contributed by atoms with E-state index in [4.69, 9.17) is 4.74 Å². The van der Waals surface area contributed by atoms with E-state index >= 15 is 0 Å². The number of pyridine rings is 1. The fraction of sp³-hybridized carbons (Fsp3) is 0.200. The van der Waals surface area contributed by atoms with Gasteiger partial charge in [-0.2, -0.15) is 0 Å². The Bertz CT molecular complexity index is 877. The molecule has 2 aromatic carbocycles. The molecule has 25 heavy (non-hydrogen) atoms. The van der Waals surface area contributed by atoms with Crippen LogP contribution in [0.4, 0.5) is 10.5 Å². The molecule has 1 N–H and O–H groups in total. The number of amides is 2. The Morgan fingerprint density at radius 1 is 1.12 bits per heavy atom. The predicted octanol–water partition coefficient (Wildman–Crippen LogP) is 3.84. The highest BCUT2D eigenvalue weighted by Gasteiger charge is 2.25. The smallest absolute Gasteiger partial charge is 0.322 e. The van der Waals surface area contributed by atoms with E-state index in [9.17, 15) is 4.79 Å². The first-order valence-corrected chi connectivity index (χ1v) is 8.36. The molecule has 0 aliphatic carbocycles. The van der Waals surface area contributed by atoms with Crippen LogP contribution in [0.5, 0.6) is 0 Å². The molecular formula is C20H19N3O2. The van der Waals surface area contributed by atoms with E-state index in [1.165, 1.54) is 0 Å². The van der Waals surface area contributed by atoms with Gasteiger partial charge in [-0.1, -0.05) is 42.5 Å². The fourth-order valence-electron chi connectivity index (χ4n) is 3.13. The van der Waals surface area contributed by atoms with Crippen LogP contribution < -0.4 is 5.32 Å². The Labute approximate surface area is 146 Å². The van der Waals surface area contributed by atoms with Gasteiger partial charge in [0, 0.05) is 29.7 Å². The number of carbonyl (C=O) groups is 1. The number of benzene rings is 2. The topological polar surface area (TPSA) is 54.5 Å². The first kappa shape index (κ1) is 15.6. The maximum atomic E-state index is 12.7. The summed E-state index contributed by atoms with van der Waals surface area (Å²) in [4.78, 5) is 18.7. The van der Waals surface area contributed by atoms with Gasteiger partial charge in [0.25, 0.3) is 0 Å². The lowest BCUT2D eigenvalue weighted by Gasteiger charge is -2.33. The number of aromatic nitrogens is 1. The lowest BCUT2D eigenvalue weighted by atomic mass is 10.1. The van der Waals surface area contributed by atoms with Gasteiger partial charge in [0.15, 0.2) is 0 Å². The highest BCUT2D eigenvalue weighted by Crippen LogP contribution is 2.25. The zero-order valence-electron chi connectivity index (χ0n) is 13.8. The summed E-state index contributed by atoms with van der Waals surface area (Å²) < 4.78 is 5.83. The van der Waals surface area contributed by atoms with Crippen LogP contribution in [0.25, 0.3) is 10.8 Å². The number of rotatable bonds is 2. The van der Waals surface area contributed by atoms with Crippen LogP contribution in [0.15, 0.2) is 67.0 Å².